The van der Waals surface area contributed by atoms with Crippen LogP contribution in [-0.2, 0) is 0 Å². The highest BCUT2D eigenvalue weighted by Gasteiger charge is 2.24. The second kappa shape index (κ2) is 30.2. The molecule has 0 aliphatic carbocycles. The molecule has 3 nitrogen and oxygen atoms in total. The van der Waals surface area contributed by atoms with Crippen LogP contribution in [0.15, 0.2) is 425 Å². The van der Waals surface area contributed by atoms with E-state index >= 15 is 0 Å². The molecule has 3 aromatic heterocycles. The van der Waals surface area contributed by atoms with Gasteiger partial charge >= 0.3 is 0 Å². The lowest BCUT2D eigenvalue weighted by Crippen LogP contribution is -1.95. The molecule has 21 aromatic carbocycles. The molecule has 0 radical (unpaired) electrons. The summed E-state index contributed by atoms with van der Waals surface area (Å²) >= 11 is 0. The number of benzene rings is 21. The van der Waals surface area contributed by atoms with Crippen molar-refractivity contribution < 1.29 is 0 Å². The normalized spacial score (nSPS) is 11.6. The van der Waals surface area contributed by atoms with Crippen molar-refractivity contribution in [3.63, 3.8) is 0 Å². The third-order valence-corrected chi connectivity index (χ3v) is 25.2. The van der Waals surface area contributed by atoms with E-state index in [9.17, 15) is 0 Å². The smallest absolute Gasteiger partial charge is 0.0541 e. The van der Waals surface area contributed by atoms with Gasteiger partial charge in [0, 0.05) is 49.4 Å². The van der Waals surface area contributed by atoms with Gasteiger partial charge in [-0.15, -0.1) is 0 Å². The summed E-state index contributed by atoms with van der Waals surface area (Å²) in [6, 6.07) is 156. The van der Waals surface area contributed by atoms with Gasteiger partial charge in [0.05, 0.1) is 33.1 Å². The van der Waals surface area contributed by atoms with Gasteiger partial charge in [-0.3, -0.25) is 0 Å². The number of aryl methyl sites for hydroxylation is 5. The minimum absolute atomic E-state index is 1.17. The first-order valence-corrected chi connectivity index (χ1v) is 42.4. The van der Waals surface area contributed by atoms with Gasteiger partial charge in [-0.1, -0.05) is 355 Å². The van der Waals surface area contributed by atoms with Crippen LogP contribution < -0.4 is 0 Å². The lowest BCUT2D eigenvalue weighted by molar-refractivity contribution is 1.18. The van der Waals surface area contributed by atoms with Crippen molar-refractivity contribution in [1.82, 2.24) is 13.7 Å². The van der Waals surface area contributed by atoms with Gasteiger partial charge in [0.25, 0.3) is 0 Å². The highest BCUT2D eigenvalue weighted by atomic mass is 15.0. The maximum absolute atomic E-state index is 2.40. The van der Waals surface area contributed by atoms with E-state index in [1.54, 1.807) is 0 Å². The molecule has 0 N–H and O–H groups in total. The molecule has 0 bridgehead atoms. The first-order valence-electron chi connectivity index (χ1n) is 42.4. The molecule has 0 spiro atoms. The monoisotopic (exact) mass is 1560 g/mol. The van der Waals surface area contributed by atoms with Crippen molar-refractivity contribution >= 4 is 130 Å². The molecule has 0 saturated carbocycles. The Hall–Kier alpha value is -15.4. The van der Waals surface area contributed by atoms with Crippen LogP contribution in [0.1, 0.15) is 27.8 Å². The molecule has 122 heavy (non-hydrogen) atoms. The van der Waals surface area contributed by atoms with Crippen LogP contribution in [0, 0.1) is 34.6 Å². The van der Waals surface area contributed by atoms with E-state index in [-0.39, 0.29) is 0 Å². The van der Waals surface area contributed by atoms with Crippen molar-refractivity contribution in [1.29, 1.82) is 0 Å². The summed E-state index contributed by atoms with van der Waals surface area (Å²) in [5, 5.41) is 23.2. The summed E-state index contributed by atoms with van der Waals surface area (Å²) in [4.78, 5) is 0. The van der Waals surface area contributed by atoms with Crippen LogP contribution in [-0.4, -0.2) is 13.7 Å². The summed E-state index contributed by atoms with van der Waals surface area (Å²) < 4.78 is 7.19. The Morgan fingerprint density at radius 1 is 0.123 bits per heavy atom. The molecule has 24 rings (SSSR count). The number of rotatable bonds is 9. The fraction of sp³-hybridized carbons (Fsp3) is 0.0420. The molecule has 0 aliphatic heterocycles. The molecule has 0 fully saturated rings. The molecule has 3 heteroatoms. The van der Waals surface area contributed by atoms with E-state index in [1.165, 1.54) is 242 Å². The Morgan fingerprint density at radius 2 is 0.295 bits per heavy atom. The van der Waals surface area contributed by atoms with E-state index in [4.69, 9.17) is 0 Å². The number of hydrogen-bond donors (Lipinski definition) is 0. The van der Waals surface area contributed by atoms with E-state index < -0.39 is 0 Å². The maximum atomic E-state index is 2.40. The molecule has 0 amide bonds. The first kappa shape index (κ1) is 73.0. The largest absolute Gasteiger partial charge is 0.309 e. The van der Waals surface area contributed by atoms with E-state index in [0.717, 1.165) is 0 Å². The minimum atomic E-state index is 1.17. The number of hydrogen-bond acceptors (Lipinski definition) is 0. The second-order valence-electron chi connectivity index (χ2n) is 32.9. The van der Waals surface area contributed by atoms with Crippen molar-refractivity contribution in [2.24, 2.45) is 0 Å². The lowest BCUT2D eigenvalue weighted by Gasteiger charge is -2.18. The van der Waals surface area contributed by atoms with Gasteiger partial charge < -0.3 is 13.7 Å². The predicted octanol–water partition coefficient (Wildman–Crippen LogP) is 32.8. The third-order valence-electron chi connectivity index (χ3n) is 25.2. The number of aromatic nitrogens is 3. The van der Waals surface area contributed by atoms with Gasteiger partial charge in [0.2, 0.25) is 0 Å². The number of fused-ring (bicyclic) bond motifs is 15. The Balaban J connectivity index is 0.000000109. The molecule has 3 heterocycles. The van der Waals surface area contributed by atoms with Crippen LogP contribution >= 0.6 is 0 Å². The summed E-state index contributed by atoms with van der Waals surface area (Å²) in [7, 11) is 0. The number of nitrogens with zero attached hydrogens (tertiary/aromatic N) is 3. The van der Waals surface area contributed by atoms with Crippen LogP contribution in [0.4, 0.5) is 0 Å². The molecule has 24 aromatic rings. The average molecular weight is 1560 g/mol. The molecule has 0 atom stereocenters. The van der Waals surface area contributed by atoms with Crippen LogP contribution in [0.25, 0.3) is 214 Å². The standard InChI is InChI=1S/2C40H29N.C39H27N/c1-26-16-22-37-35(24-26)36-25-27(2)17-23-38(36)41(37)30-20-18-29(19-21-30)40-33-14-8-6-12-31(33)39(28-10-4-3-5-11-28)32-13-7-9-15-34(32)40;1-26-16-22-34-36(25-26)40(28-10-4-3-5-11-28)33-14-7-6-13-32(33)39(34)29-18-20-30(21-19-29)41-37-15-9-8-12-31(37)35-24-27(2)17-23-38(35)41;1-26-19-24-37-35(25-26)30-13-9-10-18-36(30)40(37)29-22-20-28(21-23-29)39-33-16-7-5-14-31(33)38(27-11-3-2-4-12-27)32-15-6-8-17-34(32)39/h2*3-25H,1-2H3;2-25H,1H3. The topological polar surface area (TPSA) is 14.8 Å². The Kier molecular flexibility index (Phi) is 18.1. The van der Waals surface area contributed by atoms with E-state index in [1.807, 2.05) is 0 Å². The zero-order valence-electron chi connectivity index (χ0n) is 68.8. The molecule has 576 valence electrons. The summed E-state index contributed by atoms with van der Waals surface area (Å²) in [5.74, 6) is 0. The zero-order valence-corrected chi connectivity index (χ0v) is 68.8. The third kappa shape index (κ3) is 12.4. The van der Waals surface area contributed by atoms with Gasteiger partial charge in [0.1, 0.15) is 0 Å². The Bertz CT molecular complexity index is 8080. The van der Waals surface area contributed by atoms with E-state index in [0.29, 0.717) is 0 Å². The first-order chi connectivity index (χ1) is 60.1. The maximum Gasteiger partial charge on any atom is 0.0541 e. The molecule has 0 unspecified atom stereocenters. The van der Waals surface area contributed by atoms with Crippen LogP contribution in [0.5, 0.6) is 0 Å². The zero-order chi connectivity index (χ0) is 81.6. The quantitative estimate of drug-likeness (QED) is 0.128. The highest BCUT2D eigenvalue weighted by Crippen LogP contribution is 2.49. The second-order valence-corrected chi connectivity index (χ2v) is 32.9. The number of para-hydroxylation sites is 2. The molecule has 0 saturated heterocycles. The Labute approximate surface area is 709 Å². The van der Waals surface area contributed by atoms with Crippen LogP contribution in [0.2, 0.25) is 0 Å². The fourth-order valence-electron chi connectivity index (χ4n) is 19.8. The summed E-state index contributed by atoms with van der Waals surface area (Å²) in [5.41, 5.74) is 32.6. The van der Waals surface area contributed by atoms with Gasteiger partial charge in [-0.05, 0) is 263 Å². The van der Waals surface area contributed by atoms with E-state index in [2.05, 4.69) is 473 Å². The van der Waals surface area contributed by atoms with Gasteiger partial charge in [-0.25, -0.2) is 0 Å². The average Bonchev–Trinajstić information content (AvgIpc) is 1.14. The molecular weight excluding hydrogens is 1470 g/mol. The lowest BCUT2D eigenvalue weighted by atomic mass is 9.85. The summed E-state index contributed by atoms with van der Waals surface area (Å²) in [6.07, 6.45) is 0. The highest BCUT2D eigenvalue weighted by molar-refractivity contribution is 6.25. The Morgan fingerprint density at radius 3 is 0.549 bits per heavy atom. The van der Waals surface area contributed by atoms with Crippen molar-refractivity contribution in [2.45, 2.75) is 34.6 Å². The van der Waals surface area contributed by atoms with Crippen molar-refractivity contribution in [3.05, 3.63) is 452 Å². The minimum Gasteiger partial charge on any atom is -0.309 e. The SMILES string of the molecule is Cc1ccc2c(-c3ccc(-n4c5ccccc5c5cc(C)ccc54)cc3)c3ccccc3c(-c3ccccc3)c2c1.Cc1ccc2c(c1)c1cc(C)ccc1n2-c1ccc(-c2c3ccccc3c(-c3ccccc3)c3ccccc23)cc1.Cc1ccc2c(c1)c1ccccc1n2-c1ccc(-c2c3ccccc3c(-c3ccccc3)c3ccccc23)cc1. The van der Waals surface area contributed by atoms with Crippen molar-refractivity contribution in [3.8, 4) is 83.8 Å². The van der Waals surface area contributed by atoms with Gasteiger partial charge in [-0.2, -0.15) is 0 Å². The van der Waals surface area contributed by atoms with Crippen LogP contribution in [0.3, 0.4) is 0 Å². The molecule has 0 aliphatic rings. The fourth-order valence-corrected chi connectivity index (χ4v) is 19.8. The predicted molar refractivity (Wildman–Crippen MR) is 524 cm³/mol. The summed E-state index contributed by atoms with van der Waals surface area (Å²) in [6.45, 7) is 10.9. The van der Waals surface area contributed by atoms with Gasteiger partial charge in [0.15, 0.2) is 0 Å². The molecular formula is C119H85N3. The van der Waals surface area contributed by atoms with Crippen molar-refractivity contribution in [2.75, 3.05) is 0 Å².